The van der Waals surface area contributed by atoms with Crippen LogP contribution in [-0.2, 0) is 6.42 Å². The molecule has 1 N–H and O–H groups in total. The highest BCUT2D eigenvalue weighted by Crippen LogP contribution is 2.48. The van der Waals surface area contributed by atoms with E-state index in [-0.39, 0.29) is 11.5 Å². The average molecular weight is 204 g/mol. The molecule has 2 atom stereocenters. The van der Waals surface area contributed by atoms with Gasteiger partial charge < -0.3 is 5.11 Å². The quantitative estimate of drug-likeness (QED) is 0.783. The van der Waals surface area contributed by atoms with Crippen LogP contribution in [0.5, 0.6) is 0 Å². The largest absolute Gasteiger partial charge is 0.388 e. The predicted octanol–water partition coefficient (Wildman–Crippen LogP) is 3.39. The van der Waals surface area contributed by atoms with Crippen molar-refractivity contribution >= 4 is 0 Å². The minimum atomic E-state index is -0.270. The number of rotatable bonds is 2. The van der Waals surface area contributed by atoms with E-state index >= 15 is 0 Å². The number of hydrogen-bond donors (Lipinski definition) is 1. The van der Waals surface area contributed by atoms with Gasteiger partial charge in [-0.15, -0.1) is 0 Å². The topological polar surface area (TPSA) is 20.2 Å². The Morgan fingerprint density at radius 2 is 2.20 bits per heavy atom. The highest BCUT2D eigenvalue weighted by molar-refractivity contribution is 5.39. The van der Waals surface area contributed by atoms with E-state index < -0.39 is 0 Å². The Morgan fingerprint density at radius 1 is 1.47 bits per heavy atom. The molecule has 0 fully saturated rings. The maximum absolute atomic E-state index is 10.3. The molecule has 0 saturated heterocycles. The Kier molecular flexibility index (Phi) is 2.59. The Balaban J connectivity index is 2.36. The summed E-state index contributed by atoms with van der Waals surface area (Å²) in [5.74, 6) is 0. The third-order valence-electron chi connectivity index (χ3n) is 3.67. The van der Waals surface area contributed by atoms with Crippen LogP contribution in [0.1, 0.15) is 49.5 Å². The van der Waals surface area contributed by atoms with Gasteiger partial charge >= 0.3 is 0 Å². The van der Waals surface area contributed by atoms with E-state index in [1.54, 1.807) is 0 Å². The molecule has 15 heavy (non-hydrogen) atoms. The first-order chi connectivity index (χ1) is 7.07. The van der Waals surface area contributed by atoms with Gasteiger partial charge in [-0.3, -0.25) is 0 Å². The lowest BCUT2D eigenvalue weighted by Gasteiger charge is -2.27. The third-order valence-corrected chi connectivity index (χ3v) is 3.67. The van der Waals surface area contributed by atoms with Gasteiger partial charge in [0.05, 0.1) is 6.10 Å². The van der Waals surface area contributed by atoms with Gasteiger partial charge in [0.1, 0.15) is 0 Å². The maximum Gasteiger partial charge on any atom is 0.0849 e. The van der Waals surface area contributed by atoms with E-state index in [1.807, 2.05) is 0 Å². The van der Waals surface area contributed by atoms with Crippen molar-refractivity contribution in [2.45, 2.75) is 46.1 Å². The molecule has 2 rings (SSSR count). The molecule has 0 amide bonds. The minimum Gasteiger partial charge on any atom is -0.388 e. The van der Waals surface area contributed by atoms with Crippen molar-refractivity contribution < 1.29 is 5.11 Å². The highest BCUT2D eigenvalue weighted by Gasteiger charge is 2.40. The van der Waals surface area contributed by atoms with Crippen LogP contribution >= 0.6 is 0 Å². The molecular formula is C14H20O. The fraction of sp³-hybridized carbons (Fsp3) is 0.571. The van der Waals surface area contributed by atoms with E-state index in [0.29, 0.717) is 0 Å². The SMILES string of the molecule is CCCC1(C)Cc2cc(C)ccc2C1O. The smallest absolute Gasteiger partial charge is 0.0849 e. The number of fused-ring (bicyclic) bond motifs is 1. The first-order valence-electron chi connectivity index (χ1n) is 5.84. The number of aliphatic hydroxyl groups is 1. The summed E-state index contributed by atoms with van der Waals surface area (Å²) in [5.41, 5.74) is 3.85. The van der Waals surface area contributed by atoms with Crippen LogP contribution in [-0.4, -0.2) is 5.11 Å². The normalized spacial score (nSPS) is 29.2. The lowest BCUT2D eigenvalue weighted by Crippen LogP contribution is -2.21. The maximum atomic E-state index is 10.3. The zero-order chi connectivity index (χ0) is 11.1. The summed E-state index contributed by atoms with van der Waals surface area (Å²) in [5, 5.41) is 10.3. The van der Waals surface area contributed by atoms with Crippen LogP contribution in [0, 0.1) is 12.3 Å². The molecular weight excluding hydrogens is 184 g/mol. The number of hydrogen-bond acceptors (Lipinski definition) is 1. The molecule has 1 heteroatoms. The number of benzene rings is 1. The van der Waals surface area contributed by atoms with Gasteiger partial charge in [-0.2, -0.15) is 0 Å². The van der Waals surface area contributed by atoms with Crippen LogP contribution in [0.3, 0.4) is 0 Å². The molecule has 2 unspecified atom stereocenters. The summed E-state index contributed by atoms with van der Waals surface area (Å²) < 4.78 is 0. The molecule has 1 aliphatic rings. The van der Waals surface area contributed by atoms with E-state index in [1.165, 1.54) is 11.1 Å². The summed E-state index contributed by atoms with van der Waals surface area (Å²) >= 11 is 0. The Morgan fingerprint density at radius 3 is 2.87 bits per heavy atom. The van der Waals surface area contributed by atoms with Crippen molar-refractivity contribution in [2.75, 3.05) is 0 Å². The molecule has 0 radical (unpaired) electrons. The summed E-state index contributed by atoms with van der Waals surface area (Å²) in [6.07, 6.45) is 2.99. The molecule has 1 aromatic rings. The van der Waals surface area contributed by atoms with Crippen molar-refractivity contribution in [3.8, 4) is 0 Å². The van der Waals surface area contributed by atoms with E-state index in [4.69, 9.17) is 0 Å². The second kappa shape index (κ2) is 3.64. The van der Waals surface area contributed by atoms with Crippen molar-refractivity contribution in [3.05, 3.63) is 34.9 Å². The van der Waals surface area contributed by atoms with Gasteiger partial charge in [0.25, 0.3) is 0 Å². The third kappa shape index (κ3) is 1.69. The number of aliphatic hydroxyl groups excluding tert-OH is 1. The fourth-order valence-electron chi connectivity index (χ4n) is 2.86. The van der Waals surface area contributed by atoms with Gasteiger partial charge in [0.2, 0.25) is 0 Å². The summed E-state index contributed by atoms with van der Waals surface area (Å²) in [6, 6.07) is 6.41. The van der Waals surface area contributed by atoms with E-state index in [0.717, 1.165) is 24.8 Å². The van der Waals surface area contributed by atoms with Gasteiger partial charge in [0.15, 0.2) is 0 Å². The van der Waals surface area contributed by atoms with Gasteiger partial charge in [-0.1, -0.05) is 44.0 Å². The first kappa shape index (κ1) is 10.7. The Labute approximate surface area is 92.1 Å². The lowest BCUT2D eigenvalue weighted by molar-refractivity contribution is 0.0455. The van der Waals surface area contributed by atoms with Crippen LogP contribution in [0.4, 0.5) is 0 Å². The molecule has 0 heterocycles. The van der Waals surface area contributed by atoms with Crippen LogP contribution in [0.15, 0.2) is 18.2 Å². The van der Waals surface area contributed by atoms with E-state index in [2.05, 4.69) is 39.0 Å². The molecule has 1 aromatic carbocycles. The molecule has 0 aliphatic heterocycles. The molecule has 0 bridgehead atoms. The van der Waals surface area contributed by atoms with Gasteiger partial charge in [-0.25, -0.2) is 0 Å². The predicted molar refractivity (Wildman–Crippen MR) is 62.9 cm³/mol. The van der Waals surface area contributed by atoms with Gasteiger partial charge in [0, 0.05) is 5.41 Å². The molecule has 0 saturated carbocycles. The van der Waals surface area contributed by atoms with Crippen LogP contribution in [0.2, 0.25) is 0 Å². The molecule has 1 aliphatic carbocycles. The molecule has 82 valence electrons. The van der Waals surface area contributed by atoms with Crippen LogP contribution in [0.25, 0.3) is 0 Å². The van der Waals surface area contributed by atoms with Gasteiger partial charge in [-0.05, 0) is 30.9 Å². The summed E-state index contributed by atoms with van der Waals surface area (Å²) in [7, 11) is 0. The fourth-order valence-corrected chi connectivity index (χ4v) is 2.86. The first-order valence-corrected chi connectivity index (χ1v) is 5.84. The zero-order valence-corrected chi connectivity index (χ0v) is 9.88. The minimum absolute atomic E-state index is 0.0604. The van der Waals surface area contributed by atoms with E-state index in [9.17, 15) is 5.11 Å². The molecule has 1 nitrogen and oxygen atoms in total. The summed E-state index contributed by atoms with van der Waals surface area (Å²) in [6.45, 7) is 6.50. The average Bonchev–Trinajstić information content (AvgIpc) is 2.39. The van der Waals surface area contributed by atoms with Crippen molar-refractivity contribution in [2.24, 2.45) is 5.41 Å². The highest BCUT2D eigenvalue weighted by atomic mass is 16.3. The van der Waals surface area contributed by atoms with Crippen molar-refractivity contribution in [1.82, 2.24) is 0 Å². The monoisotopic (exact) mass is 204 g/mol. The number of aryl methyl sites for hydroxylation is 1. The van der Waals surface area contributed by atoms with Crippen molar-refractivity contribution in [3.63, 3.8) is 0 Å². The Bertz CT molecular complexity index is 370. The summed E-state index contributed by atoms with van der Waals surface area (Å²) in [4.78, 5) is 0. The van der Waals surface area contributed by atoms with Crippen molar-refractivity contribution in [1.29, 1.82) is 0 Å². The standard InChI is InChI=1S/C14H20O/c1-4-7-14(3)9-11-8-10(2)5-6-12(11)13(14)15/h5-6,8,13,15H,4,7,9H2,1-3H3. The van der Waals surface area contributed by atoms with Crippen LogP contribution < -0.4 is 0 Å². The second-order valence-electron chi connectivity index (χ2n) is 5.19. The Hall–Kier alpha value is -0.820. The second-order valence-corrected chi connectivity index (χ2v) is 5.19. The molecule has 0 spiro atoms. The molecule has 0 aromatic heterocycles. The lowest BCUT2D eigenvalue weighted by atomic mass is 9.80. The zero-order valence-electron chi connectivity index (χ0n) is 9.88.